The summed E-state index contributed by atoms with van der Waals surface area (Å²) in [4.78, 5) is 26.0. The van der Waals surface area contributed by atoms with Gasteiger partial charge in [-0.1, -0.05) is 13.8 Å². The minimum atomic E-state index is -1.15. The molecule has 174 valence electrons. The Balaban J connectivity index is 1.59. The number of nitrogens with zero attached hydrogens (tertiary/aromatic N) is 3. The molecule has 8 nitrogen and oxygen atoms in total. The van der Waals surface area contributed by atoms with E-state index in [-0.39, 0.29) is 0 Å². The van der Waals surface area contributed by atoms with Gasteiger partial charge in [-0.3, -0.25) is 4.79 Å². The first-order chi connectivity index (χ1) is 15.6. The molecule has 3 N–H and O–H groups in total. The molecule has 3 aromatic rings. The van der Waals surface area contributed by atoms with Gasteiger partial charge in [-0.15, -0.1) is 11.3 Å². The molecule has 0 bridgehead atoms. The van der Waals surface area contributed by atoms with E-state index >= 15 is 0 Å². The average molecular weight is 469 g/mol. The van der Waals surface area contributed by atoms with Gasteiger partial charge in [0.2, 0.25) is 0 Å². The molecular formula is C24H28N4O4S. The summed E-state index contributed by atoms with van der Waals surface area (Å²) in [5, 5.41) is 24.7. The number of hydrogen-bond acceptors (Lipinski definition) is 8. The molecule has 0 aromatic carbocycles. The van der Waals surface area contributed by atoms with Crippen molar-refractivity contribution >= 4 is 28.9 Å². The standard InChI is InChI=1S/C24H28N4O4S/c1-14-9-17(27-20(10-14)28-19-11-15(32-4)6-8-25-19)18-12-26-22(33-18)24(31)7-5-16(21(29)30)23(2,3)13-24/h6,8-12,16,31H,5,7,13H2,1-4H3,(H,29,30)(H,25,27,28)/t16-,24+/m0/s1. The fourth-order valence-electron chi connectivity index (χ4n) is 4.58. The van der Waals surface area contributed by atoms with Crippen LogP contribution in [0.1, 0.15) is 43.7 Å². The lowest BCUT2D eigenvalue weighted by molar-refractivity contribution is -0.154. The quantitative estimate of drug-likeness (QED) is 0.474. The summed E-state index contributed by atoms with van der Waals surface area (Å²) in [6, 6.07) is 7.46. The van der Waals surface area contributed by atoms with E-state index in [1.54, 1.807) is 31.6 Å². The molecule has 0 aliphatic heterocycles. The molecule has 0 amide bonds. The summed E-state index contributed by atoms with van der Waals surface area (Å²) in [5.74, 6) is 0.671. The van der Waals surface area contributed by atoms with Crippen molar-refractivity contribution in [2.75, 3.05) is 12.4 Å². The van der Waals surface area contributed by atoms with Gasteiger partial charge in [0.1, 0.15) is 28.0 Å². The van der Waals surface area contributed by atoms with Crippen molar-refractivity contribution in [3.63, 3.8) is 0 Å². The highest BCUT2D eigenvalue weighted by Crippen LogP contribution is 2.50. The maximum atomic E-state index is 11.6. The number of hydrogen-bond donors (Lipinski definition) is 3. The number of pyridine rings is 2. The Morgan fingerprint density at radius 2 is 2.03 bits per heavy atom. The number of aliphatic carboxylic acids is 1. The third kappa shape index (κ3) is 4.84. The Morgan fingerprint density at radius 1 is 1.24 bits per heavy atom. The molecule has 0 radical (unpaired) electrons. The van der Waals surface area contributed by atoms with E-state index in [4.69, 9.17) is 9.72 Å². The van der Waals surface area contributed by atoms with Crippen molar-refractivity contribution in [1.29, 1.82) is 0 Å². The number of carbonyl (C=O) groups is 1. The maximum absolute atomic E-state index is 11.6. The molecular weight excluding hydrogens is 440 g/mol. The number of aromatic nitrogens is 3. The topological polar surface area (TPSA) is 117 Å². The van der Waals surface area contributed by atoms with Gasteiger partial charge in [0.05, 0.1) is 23.6 Å². The van der Waals surface area contributed by atoms with Gasteiger partial charge < -0.3 is 20.3 Å². The lowest BCUT2D eigenvalue weighted by Crippen LogP contribution is -2.44. The van der Waals surface area contributed by atoms with Crippen molar-refractivity contribution < 1.29 is 19.7 Å². The van der Waals surface area contributed by atoms with Crippen LogP contribution in [-0.2, 0) is 10.4 Å². The molecule has 9 heteroatoms. The number of methoxy groups -OCH3 is 1. The minimum Gasteiger partial charge on any atom is -0.497 e. The van der Waals surface area contributed by atoms with Crippen LogP contribution in [0, 0.1) is 18.3 Å². The highest BCUT2D eigenvalue weighted by molar-refractivity contribution is 7.15. The van der Waals surface area contributed by atoms with E-state index in [1.807, 2.05) is 32.9 Å². The fourth-order valence-corrected chi connectivity index (χ4v) is 5.57. The first-order valence-electron chi connectivity index (χ1n) is 10.8. The van der Waals surface area contributed by atoms with Gasteiger partial charge in [0.15, 0.2) is 0 Å². The molecule has 1 aliphatic rings. The molecule has 0 unspecified atom stereocenters. The van der Waals surface area contributed by atoms with Gasteiger partial charge >= 0.3 is 5.97 Å². The van der Waals surface area contributed by atoms with E-state index in [2.05, 4.69) is 15.3 Å². The van der Waals surface area contributed by atoms with Crippen molar-refractivity contribution in [2.45, 2.75) is 45.6 Å². The molecule has 4 rings (SSSR count). The lowest BCUT2D eigenvalue weighted by Gasteiger charge is -2.44. The predicted octanol–water partition coefficient (Wildman–Crippen LogP) is 4.76. The Kier molecular flexibility index (Phi) is 6.11. The van der Waals surface area contributed by atoms with E-state index in [0.29, 0.717) is 41.7 Å². The molecule has 1 aliphatic carbocycles. The zero-order chi connectivity index (χ0) is 23.8. The van der Waals surface area contributed by atoms with Crippen LogP contribution in [0.2, 0.25) is 0 Å². The van der Waals surface area contributed by atoms with Crippen LogP contribution in [0.4, 0.5) is 11.6 Å². The summed E-state index contributed by atoms with van der Waals surface area (Å²) in [6.45, 7) is 5.79. The van der Waals surface area contributed by atoms with Crippen LogP contribution in [-0.4, -0.2) is 38.2 Å². The fraction of sp³-hybridized carbons (Fsp3) is 0.417. The summed E-state index contributed by atoms with van der Waals surface area (Å²) in [5.41, 5.74) is 0.0781. The molecule has 3 heterocycles. The monoisotopic (exact) mass is 468 g/mol. The van der Waals surface area contributed by atoms with Crippen LogP contribution in [0.25, 0.3) is 10.6 Å². The molecule has 1 fully saturated rings. The number of thiazole rings is 1. The summed E-state index contributed by atoms with van der Waals surface area (Å²) < 4.78 is 5.25. The average Bonchev–Trinajstić information content (AvgIpc) is 3.24. The number of aliphatic hydroxyl groups is 1. The number of carboxylic acids is 1. The zero-order valence-electron chi connectivity index (χ0n) is 19.1. The number of aryl methyl sites for hydroxylation is 1. The lowest BCUT2D eigenvalue weighted by atomic mass is 9.63. The molecule has 2 atom stereocenters. The van der Waals surface area contributed by atoms with Gasteiger partial charge in [-0.05, 0) is 55.4 Å². The third-order valence-electron chi connectivity index (χ3n) is 6.19. The second-order valence-electron chi connectivity index (χ2n) is 9.28. The Hall–Kier alpha value is -3.04. The molecule has 0 spiro atoms. The largest absolute Gasteiger partial charge is 0.497 e. The molecule has 1 saturated carbocycles. The van der Waals surface area contributed by atoms with E-state index in [0.717, 1.165) is 16.1 Å². The maximum Gasteiger partial charge on any atom is 0.307 e. The number of carboxylic acid groups (broad SMARTS) is 1. The number of nitrogens with one attached hydrogen (secondary N) is 1. The zero-order valence-corrected chi connectivity index (χ0v) is 19.9. The Morgan fingerprint density at radius 3 is 2.73 bits per heavy atom. The van der Waals surface area contributed by atoms with Crippen molar-refractivity contribution in [3.8, 4) is 16.3 Å². The molecule has 0 saturated heterocycles. The normalized spacial score (nSPS) is 22.0. The predicted molar refractivity (Wildman–Crippen MR) is 127 cm³/mol. The molecule has 3 aromatic heterocycles. The second-order valence-corrected chi connectivity index (χ2v) is 10.3. The van der Waals surface area contributed by atoms with Crippen LogP contribution in [0.5, 0.6) is 5.75 Å². The van der Waals surface area contributed by atoms with Crippen molar-refractivity contribution in [1.82, 2.24) is 15.0 Å². The second kappa shape index (κ2) is 8.72. The van der Waals surface area contributed by atoms with Crippen molar-refractivity contribution in [2.24, 2.45) is 11.3 Å². The number of ether oxygens (including phenoxy) is 1. The van der Waals surface area contributed by atoms with Gasteiger partial charge in [-0.2, -0.15) is 0 Å². The summed E-state index contributed by atoms with van der Waals surface area (Å²) >= 11 is 1.40. The SMILES string of the molecule is COc1ccnc(Nc2cc(C)cc(-c3cnc([C@@]4(O)CC[C@@H](C(=O)O)C(C)(C)C4)s3)n2)c1. The Labute approximate surface area is 196 Å². The molecule has 33 heavy (non-hydrogen) atoms. The summed E-state index contributed by atoms with van der Waals surface area (Å²) in [7, 11) is 1.60. The van der Waals surface area contributed by atoms with Gasteiger partial charge in [0, 0.05) is 18.5 Å². The van der Waals surface area contributed by atoms with Crippen LogP contribution >= 0.6 is 11.3 Å². The first kappa shape index (κ1) is 23.1. The highest BCUT2D eigenvalue weighted by Gasteiger charge is 2.49. The van der Waals surface area contributed by atoms with Crippen LogP contribution in [0.3, 0.4) is 0 Å². The van der Waals surface area contributed by atoms with Crippen LogP contribution in [0.15, 0.2) is 36.7 Å². The number of anilines is 2. The van der Waals surface area contributed by atoms with Crippen LogP contribution < -0.4 is 10.1 Å². The first-order valence-corrected chi connectivity index (χ1v) is 11.6. The smallest absolute Gasteiger partial charge is 0.307 e. The Bertz CT molecular complexity index is 1180. The van der Waals surface area contributed by atoms with Gasteiger partial charge in [0.25, 0.3) is 0 Å². The van der Waals surface area contributed by atoms with Crippen molar-refractivity contribution in [3.05, 3.63) is 47.2 Å². The third-order valence-corrected chi connectivity index (χ3v) is 7.40. The van der Waals surface area contributed by atoms with E-state index < -0.39 is 22.9 Å². The highest BCUT2D eigenvalue weighted by atomic mass is 32.1. The summed E-state index contributed by atoms with van der Waals surface area (Å²) in [6.07, 6.45) is 4.52. The van der Waals surface area contributed by atoms with E-state index in [1.165, 1.54) is 11.3 Å². The van der Waals surface area contributed by atoms with E-state index in [9.17, 15) is 15.0 Å². The number of rotatable bonds is 6. The minimum absolute atomic E-state index is 0.347. The van der Waals surface area contributed by atoms with Gasteiger partial charge in [-0.25, -0.2) is 15.0 Å².